The number of nitrogens with zero attached hydrogens (tertiary/aromatic N) is 5. The summed E-state index contributed by atoms with van der Waals surface area (Å²) in [5.41, 5.74) is 5.45. The van der Waals surface area contributed by atoms with Gasteiger partial charge in [0.25, 0.3) is 5.69 Å². The van der Waals surface area contributed by atoms with Gasteiger partial charge in [-0.1, -0.05) is 0 Å². The number of thiazole rings is 1. The molecule has 0 fully saturated rings. The van der Waals surface area contributed by atoms with Crippen molar-refractivity contribution in [1.29, 1.82) is 5.26 Å². The molecule has 1 atom stereocenters. The van der Waals surface area contributed by atoms with Crippen molar-refractivity contribution in [1.82, 2.24) is 14.8 Å². The SMILES string of the molecule is [C-]#[N+]c1c(C#N)nn(C(C)c2cnc(C(F)(F)F)s2)c1N. The van der Waals surface area contributed by atoms with Crippen molar-refractivity contribution >= 4 is 22.8 Å². The normalized spacial score (nSPS) is 12.7. The first-order valence-corrected chi connectivity index (χ1v) is 6.29. The summed E-state index contributed by atoms with van der Waals surface area (Å²) < 4.78 is 38.8. The van der Waals surface area contributed by atoms with E-state index in [1.807, 2.05) is 0 Å². The first-order valence-electron chi connectivity index (χ1n) is 5.48. The van der Waals surface area contributed by atoms with Gasteiger partial charge in [0.1, 0.15) is 11.9 Å². The highest BCUT2D eigenvalue weighted by molar-refractivity contribution is 7.11. The molecular formula is C11H7F3N6S. The topological polar surface area (TPSA) is 84.9 Å². The second kappa shape index (κ2) is 5.07. The van der Waals surface area contributed by atoms with E-state index >= 15 is 0 Å². The van der Waals surface area contributed by atoms with E-state index < -0.39 is 17.2 Å². The second-order valence-electron chi connectivity index (χ2n) is 3.99. The molecule has 2 heterocycles. The van der Waals surface area contributed by atoms with Crippen LogP contribution in [-0.4, -0.2) is 14.8 Å². The largest absolute Gasteiger partial charge is 0.443 e. The Morgan fingerprint density at radius 3 is 2.67 bits per heavy atom. The average molecular weight is 312 g/mol. The number of aromatic nitrogens is 3. The molecule has 108 valence electrons. The molecule has 0 saturated carbocycles. The molecule has 0 aliphatic rings. The van der Waals surface area contributed by atoms with Crippen molar-refractivity contribution in [2.24, 2.45) is 0 Å². The molecule has 2 N–H and O–H groups in total. The maximum Gasteiger partial charge on any atom is 0.443 e. The summed E-state index contributed by atoms with van der Waals surface area (Å²) in [5, 5.41) is 11.8. The highest BCUT2D eigenvalue weighted by Crippen LogP contribution is 2.37. The molecule has 0 radical (unpaired) electrons. The van der Waals surface area contributed by atoms with Gasteiger partial charge in [-0.3, -0.25) is 4.68 Å². The molecule has 2 aromatic rings. The van der Waals surface area contributed by atoms with Crippen LogP contribution in [0, 0.1) is 17.9 Å². The van der Waals surface area contributed by atoms with Gasteiger partial charge in [0.15, 0.2) is 10.7 Å². The molecule has 6 nitrogen and oxygen atoms in total. The van der Waals surface area contributed by atoms with Crippen molar-refractivity contribution in [3.63, 3.8) is 0 Å². The van der Waals surface area contributed by atoms with Gasteiger partial charge < -0.3 is 5.73 Å². The van der Waals surface area contributed by atoms with Crippen LogP contribution >= 0.6 is 11.3 Å². The number of alkyl halides is 3. The minimum absolute atomic E-state index is 0.0593. The summed E-state index contributed by atoms with van der Waals surface area (Å²) in [4.78, 5) is 6.70. The van der Waals surface area contributed by atoms with E-state index in [-0.39, 0.29) is 22.1 Å². The monoisotopic (exact) mass is 312 g/mol. The van der Waals surface area contributed by atoms with E-state index in [1.165, 1.54) is 0 Å². The highest BCUT2D eigenvalue weighted by Gasteiger charge is 2.35. The lowest BCUT2D eigenvalue weighted by molar-refractivity contribution is -0.137. The van der Waals surface area contributed by atoms with E-state index in [9.17, 15) is 13.2 Å². The Balaban J connectivity index is 2.44. The summed E-state index contributed by atoms with van der Waals surface area (Å²) in [6.07, 6.45) is -3.43. The van der Waals surface area contributed by atoms with Gasteiger partial charge in [0, 0.05) is 11.1 Å². The smallest absolute Gasteiger partial charge is 0.393 e. The lowest BCUT2D eigenvalue weighted by Gasteiger charge is -2.11. The first kappa shape index (κ1) is 14.8. The Morgan fingerprint density at radius 2 is 2.24 bits per heavy atom. The average Bonchev–Trinajstić information content (AvgIpc) is 3.01. The number of hydrogen-bond acceptors (Lipinski definition) is 5. The number of nitrogen functional groups attached to an aromatic ring is 1. The maximum absolute atomic E-state index is 12.5. The van der Waals surface area contributed by atoms with Crippen molar-refractivity contribution in [2.45, 2.75) is 19.1 Å². The van der Waals surface area contributed by atoms with E-state index in [2.05, 4.69) is 14.9 Å². The van der Waals surface area contributed by atoms with Crippen molar-refractivity contribution < 1.29 is 13.2 Å². The molecule has 0 aliphatic heterocycles. The summed E-state index contributed by atoms with van der Waals surface area (Å²) in [5.74, 6) is -0.0593. The molecule has 0 saturated heterocycles. The molecular weight excluding hydrogens is 305 g/mol. The van der Waals surface area contributed by atoms with E-state index in [1.54, 1.807) is 13.0 Å². The summed E-state index contributed by atoms with van der Waals surface area (Å²) in [7, 11) is 0. The van der Waals surface area contributed by atoms with Crippen molar-refractivity contribution in [2.75, 3.05) is 5.73 Å². The van der Waals surface area contributed by atoms with Gasteiger partial charge in [-0.2, -0.15) is 23.5 Å². The van der Waals surface area contributed by atoms with Crippen LogP contribution in [0.25, 0.3) is 4.85 Å². The zero-order chi connectivity index (χ0) is 15.8. The zero-order valence-corrected chi connectivity index (χ0v) is 11.3. The molecule has 2 aromatic heterocycles. The third-order valence-electron chi connectivity index (χ3n) is 2.68. The van der Waals surface area contributed by atoms with Gasteiger partial charge in [-0.25, -0.2) is 9.83 Å². The standard InChI is InChI=1S/C11H7F3N6S/c1-5(7-4-18-10(21-7)11(12,13)14)20-9(16)8(17-2)6(3-15)19-20/h4-5H,16H2,1H3. The van der Waals surface area contributed by atoms with Gasteiger partial charge in [0.2, 0.25) is 0 Å². The molecule has 1 unspecified atom stereocenters. The van der Waals surface area contributed by atoms with Gasteiger partial charge >= 0.3 is 6.18 Å². The van der Waals surface area contributed by atoms with Crippen LogP contribution in [-0.2, 0) is 6.18 Å². The van der Waals surface area contributed by atoms with Crippen LogP contribution in [0.2, 0.25) is 0 Å². The second-order valence-corrected chi connectivity index (χ2v) is 5.05. The Hall–Kier alpha value is -2.59. The summed E-state index contributed by atoms with van der Waals surface area (Å²) >= 11 is 0.469. The number of halogens is 3. The van der Waals surface area contributed by atoms with E-state index in [0.717, 1.165) is 10.9 Å². The number of nitrogens with two attached hydrogens (primary N) is 1. The number of rotatable bonds is 2. The zero-order valence-electron chi connectivity index (χ0n) is 10.5. The Labute approximate surface area is 121 Å². The molecule has 2 rings (SSSR count). The van der Waals surface area contributed by atoms with Crippen LogP contribution < -0.4 is 5.73 Å². The van der Waals surface area contributed by atoms with Crippen LogP contribution in [0.5, 0.6) is 0 Å². The number of anilines is 1. The fourth-order valence-corrected chi connectivity index (χ4v) is 2.47. The number of nitriles is 1. The predicted molar refractivity (Wildman–Crippen MR) is 68.5 cm³/mol. The van der Waals surface area contributed by atoms with Crippen molar-refractivity contribution in [3.05, 3.63) is 33.2 Å². The fraction of sp³-hybridized carbons (Fsp3) is 0.273. The molecule has 0 spiro atoms. The van der Waals surface area contributed by atoms with E-state index in [0.29, 0.717) is 11.3 Å². The Morgan fingerprint density at radius 1 is 1.57 bits per heavy atom. The van der Waals surface area contributed by atoms with Crippen LogP contribution in [0.15, 0.2) is 6.20 Å². The molecule has 0 amide bonds. The highest BCUT2D eigenvalue weighted by atomic mass is 32.1. The minimum atomic E-state index is -4.52. The van der Waals surface area contributed by atoms with Gasteiger partial charge in [-0.15, -0.1) is 11.3 Å². The first-order chi connectivity index (χ1) is 9.79. The van der Waals surface area contributed by atoms with Crippen LogP contribution in [0.4, 0.5) is 24.7 Å². The van der Waals surface area contributed by atoms with Gasteiger partial charge in [0.05, 0.1) is 12.6 Å². The quantitative estimate of drug-likeness (QED) is 0.864. The third kappa shape index (κ3) is 2.53. The molecule has 21 heavy (non-hydrogen) atoms. The lowest BCUT2D eigenvalue weighted by atomic mass is 10.3. The fourth-order valence-electron chi connectivity index (χ4n) is 1.65. The minimum Gasteiger partial charge on any atom is -0.393 e. The maximum atomic E-state index is 12.5. The summed E-state index contributed by atoms with van der Waals surface area (Å²) in [6.45, 7) is 8.52. The van der Waals surface area contributed by atoms with Crippen molar-refractivity contribution in [3.8, 4) is 6.07 Å². The summed E-state index contributed by atoms with van der Waals surface area (Å²) in [6, 6.07) is 1.06. The molecule has 0 aliphatic carbocycles. The number of hydrogen-bond donors (Lipinski definition) is 1. The van der Waals surface area contributed by atoms with E-state index in [4.69, 9.17) is 17.6 Å². The lowest BCUT2D eigenvalue weighted by Crippen LogP contribution is -2.10. The Bertz CT molecular complexity index is 760. The Kier molecular flexibility index (Phi) is 3.58. The predicted octanol–water partition coefficient (Wildman–Crippen LogP) is 2.97. The third-order valence-corrected chi connectivity index (χ3v) is 3.90. The molecule has 0 aromatic carbocycles. The van der Waals surface area contributed by atoms with Crippen LogP contribution in [0.1, 0.15) is 28.5 Å². The molecule has 0 bridgehead atoms. The van der Waals surface area contributed by atoms with Gasteiger partial charge in [-0.05, 0) is 6.92 Å². The van der Waals surface area contributed by atoms with Crippen LogP contribution in [0.3, 0.4) is 0 Å². The molecule has 10 heteroatoms.